The number of para-hydroxylation sites is 1. The molecule has 2 atom stereocenters. The Hall–Kier alpha value is -1.50. The second-order valence-electron chi connectivity index (χ2n) is 6.28. The van der Waals surface area contributed by atoms with Crippen molar-refractivity contribution >= 4 is 20.9 Å². The standard InChI is InChI=1S/C17H23N3O2S/c1-13-5-4-10-20(16(13)11-18)23(21,22)12-15-7-2-6-14-8-3-9-19-17(14)15/h2-3,6-9,13,16H,4-5,10-12,18H2,1H3/t13-,16-/m0/s1. The summed E-state index contributed by atoms with van der Waals surface area (Å²) in [7, 11) is -3.41. The number of nitrogens with zero attached hydrogens (tertiary/aromatic N) is 2. The Morgan fingerprint density at radius 3 is 2.87 bits per heavy atom. The van der Waals surface area contributed by atoms with Crippen LogP contribution >= 0.6 is 0 Å². The lowest BCUT2D eigenvalue weighted by atomic mass is 9.93. The van der Waals surface area contributed by atoms with Crippen LogP contribution in [-0.2, 0) is 15.8 Å². The molecule has 3 rings (SSSR count). The maximum absolute atomic E-state index is 13.0. The van der Waals surface area contributed by atoms with Crippen molar-refractivity contribution in [2.75, 3.05) is 13.1 Å². The number of aromatic nitrogens is 1. The molecule has 1 fully saturated rings. The first-order valence-electron chi connectivity index (χ1n) is 8.05. The molecule has 6 heteroatoms. The highest BCUT2D eigenvalue weighted by molar-refractivity contribution is 7.88. The average molecular weight is 333 g/mol. The van der Waals surface area contributed by atoms with Gasteiger partial charge >= 0.3 is 0 Å². The van der Waals surface area contributed by atoms with Gasteiger partial charge in [-0.2, -0.15) is 4.31 Å². The molecule has 0 aliphatic carbocycles. The van der Waals surface area contributed by atoms with E-state index < -0.39 is 10.0 Å². The van der Waals surface area contributed by atoms with E-state index in [1.54, 1.807) is 10.5 Å². The fraction of sp³-hybridized carbons (Fsp3) is 0.471. The number of sulfonamides is 1. The molecule has 0 unspecified atom stereocenters. The summed E-state index contributed by atoms with van der Waals surface area (Å²) >= 11 is 0. The maximum Gasteiger partial charge on any atom is 0.218 e. The second-order valence-corrected chi connectivity index (χ2v) is 8.20. The van der Waals surface area contributed by atoms with Gasteiger partial charge in [-0.3, -0.25) is 4.98 Å². The van der Waals surface area contributed by atoms with Crippen molar-refractivity contribution in [3.63, 3.8) is 0 Å². The summed E-state index contributed by atoms with van der Waals surface area (Å²) in [6.07, 6.45) is 3.62. The Bertz CT molecular complexity index is 786. The molecule has 124 valence electrons. The molecule has 2 N–H and O–H groups in total. The molecule has 1 aromatic heterocycles. The lowest BCUT2D eigenvalue weighted by Crippen LogP contribution is -2.51. The fourth-order valence-corrected chi connectivity index (χ4v) is 5.38. The van der Waals surface area contributed by atoms with Crippen LogP contribution in [0.3, 0.4) is 0 Å². The van der Waals surface area contributed by atoms with Gasteiger partial charge < -0.3 is 5.73 Å². The number of pyridine rings is 1. The predicted octanol–water partition coefficient (Wildman–Crippen LogP) is 2.12. The molecule has 0 bridgehead atoms. The quantitative estimate of drug-likeness (QED) is 0.930. The third-order valence-electron chi connectivity index (χ3n) is 4.72. The van der Waals surface area contributed by atoms with E-state index in [1.807, 2.05) is 30.3 Å². The summed E-state index contributed by atoms with van der Waals surface area (Å²) in [5.41, 5.74) is 7.35. The topological polar surface area (TPSA) is 76.3 Å². The minimum absolute atomic E-state index is 0.0232. The van der Waals surface area contributed by atoms with Crippen molar-refractivity contribution in [2.24, 2.45) is 11.7 Å². The van der Waals surface area contributed by atoms with Gasteiger partial charge in [0.25, 0.3) is 0 Å². The third-order valence-corrected chi connectivity index (χ3v) is 6.56. The van der Waals surface area contributed by atoms with E-state index in [9.17, 15) is 8.42 Å². The Labute approximate surface area is 137 Å². The van der Waals surface area contributed by atoms with E-state index in [0.29, 0.717) is 19.0 Å². The summed E-state index contributed by atoms with van der Waals surface area (Å²) in [5, 5.41) is 0.961. The summed E-state index contributed by atoms with van der Waals surface area (Å²) in [6.45, 7) is 3.01. The molecular formula is C17H23N3O2S. The lowest BCUT2D eigenvalue weighted by molar-refractivity contribution is 0.192. The van der Waals surface area contributed by atoms with Gasteiger partial charge in [0.1, 0.15) is 0 Å². The van der Waals surface area contributed by atoms with E-state index in [0.717, 1.165) is 29.3 Å². The number of rotatable bonds is 4. The van der Waals surface area contributed by atoms with Crippen LogP contribution in [0.15, 0.2) is 36.5 Å². The second kappa shape index (κ2) is 6.55. The highest BCUT2D eigenvalue weighted by Gasteiger charge is 2.35. The summed E-state index contributed by atoms with van der Waals surface area (Å²) in [6, 6.07) is 9.38. The van der Waals surface area contributed by atoms with Gasteiger partial charge in [0.2, 0.25) is 10.0 Å². The van der Waals surface area contributed by atoms with Crippen LogP contribution in [0, 0.1) is 5.92 Å². The molecule has 0 amide bonds. The first-order chi connectivity index (χ1) is 11.0. The summed E-state index contributed by atoms with van der Waals surface area (Å²) < 4.78 is 27.5. The fourth-order valence-electron chi connectivity index (χ4n) is 3.47. The van der Waals surface area contributed by atoms with E-state index in [4.69, 9.17) is 5.73 Å². The Kier molecular flexibility index (Phi) is 4.66. The molecule has 0 saturated carbocycles. The molecule has 1 aromatic carbocycles. The van der Waals surface area contributed by atoms with Crippen LogP contribution in [0.4, 0.5) is 0 Å². The minimum atomic E-state index is -3.41. The summed E-state index contributed by atoms with van der Waals surface area (Å²) in [5.74, 6) is 0.277. The van der Waals surface area contributed by atoms with E-state index >= 15 is 0 Å². The van der Waals surface area contributed by atoms with Crippen molar-refractivity contribution in [1.29, 1.82) is 0 Å². The third kappa shape index (κ3) is 3.24. The number of nitrogens with two attached hydrogens (primary N) is 1. The molecule has 23 heavy (non-hydrogen) atoms. The molecule has 5 nitrogen and oxygen atoms in total. The Balaban J connectivity index is 1.94. The number of piperidine rings is 1. The Morgan fingerprint density at radius 2 is 2.09 bits per heavy atom. The van der Waals surface area contributed by atoms with Crippen LogP contribution in [0.25, 0.3) is 10.9 Å². The van der Waals surface area contributed by atoms with Gasteiger partial charge in [0.15, 0.2) is 0 Å². The van der Waals surface area contributed by atoms with Gasteiger partial charge in [-0.25, -0.2) is 8.42 Å². The molecule has 0 radical (unpaired) electrons. The molecule has 1 aliphatic heterocycles. The highest BCUT2D eigenvalue weighted by Crippen LogP contribution is 2.28. The van der Waals surface area contributed by atoms with Gasteiger partial charge in [-0.1, -0.05) is 31.2 Å². The zero-order chi connectivity index (χ0) is 16.4. The minimum Gasteiger partial charge on any atom is -0.329 e. The highest BCUT2D eigenvalue weighted by atomic mass is 32.2. The zero-order valence-corrected chi connectivity index (χ0v) is 14.2. The number of hydrogen-bond acceptors (Lipinski definition) is 4. The Morgan fingerprint density at radius 1 is 1.30 bits per heavy atom. The van der Waals surface area contributed by atoms with Gasteiger partial charge in [-0.05, 0) is 30.4 Å². The predicted molar refractivity (Wildman–Crippen MR) is 92.3 cm³/mol. The van der Waals surface area contributed by atoms with Crippen LogP contribution in [0.2, 0.25) is 0 Å². The summed E-state index contributed by atoms with van der Waals surface area (Å²) in [4.78, 5) is 4.36. The first-order valence-corrected chi connectivity index (χ1v) is 9.66. The van der Waals surface area contributed by atoms with E-state index in [-0.39, 0.29) is 11.8 Å². The monoisotopic (exact) mass is 333 g/mol. The number of benzene rings is 1. The molecule has 2 aromatic rings. The van der Waals surface area contributed by atoms with Crippen LogP contribution in [0.5, 0.6) is 0 Å². The van der Waals surface area contributed by atoms with Gasteiger partial charge in [-0.15, -0.1) is 0 Å². The molecular weight excluding hydrogens is 310 g/mol. The first kappa shape index (κ1) is 16.4. The number of fused-ring (bicyclic) bond motifs is 1. The van der Waals surface area contributed by atoms with Crippen molar-refractivity contribution in [3.05, 3.63) is 42.1 Å². The molecule has 1 aliphatic rings. The van der Waals surface area contributed by atoms with Crippen molar-refractivity contribution < 1.29 is 8.42 Å². The lowest BCUT2D eigenvalue weighted by Gasteiger charge is -2.38. The van der Waals surface area contributed by atoms with Gasteiger partial charge in [0.05, 0.1) is 11.3 Å². The largest absolute Gasteiger partial charge is 0.329 e. The molecule has 2 heterocycles. The van der Waals surface area contributed by atoms with Crippen LogP contribution in [0.1, 0.15) is 25.3 Å². The van der Waals surface area contributed by atoms with Gasteiger partial charge in [0, 0.05) is 30.7 Å². The normalized spacial score (nSPS) is 23.2. The zero-order valence-electron chi connectivity index (χ0n) is 13.4. The molecule has 1 saturated heterocycles. The van der Waals surface area contributed by atoms with Crippen LogP contribution in [-0.4, -0.2) is 36.8 Å². The van der Waals surface area contributed by atoms with E-state index in [1.165, 1.54) is 0 Å². The average Bonchev–Trinajstić information content (AvgIpc) is 2.54. The molecule has 0 spiro atoms. The van der Waals surface area contributed by atoms with Crippen LogP contribution < -0.4 is 5.73 Å². The van der Waals surface area contributed by atoms with E-state index in [2.05, 4.69) is 11.9 Å². The maximum atomic E-state index is 13.0. The van der Waals surface area contributed by atoms with Crippen molar-refractivity contribution in [2.45, 2.75) is 31.6 Å². The SMILES string of the molecule is C[C@H]1CCCN(S(=O)(=O)Cc2cccc3cccnc23)[C@H]1CN. The van der Waals surface area contributed by atoms with Crippen molar-refractivity contribution in [1.82, 2.24) is 9.29 Å². The number of hydrogen-bond donors (Lipinski definition) is 1. The smallest absolute Gasteiger partial charge is 0.218 e. The van der Waals surface area contributed by atoms with Crippen molar-refractivity contribution in [3.8, 4) is 0 Å².